The molecule has 27 heavy (non-hydrogen) atoms. The van der Waals surface area contributed by atoms with Gasteiger partial charge >= 0.3 is 6.18 Å². The molecule has 0 aromatic carbocycles. The third kappa shape index (κ3) is 8.83. The van der Waals surface area contributed by atoms with Crippen molar-refractivity contribution in [1.29, 1.82) is 0 Å². The minimum absolute atomic E-state index is 0.171. The monoisotopic (exact) mass is 409 g/mol. The fourth-order valence-corrected chi connectivity index (χ4v) is 3.10. The number of rotatable bonds is 12. The van der Waals surface area contributed by atoms with Gasteiger partial charge in [-0.2, -0.15) is 18.2 Å². The summed E-state index contributed by atoms with van der Waals surface area (Å²) < 4.78 is 42.3. The molecule has 0 bridgehead atoms. The van der Waals surface area contributed by atoms with Crippen molar-refractivity contribution in [2.24, 2.45) is 10.9 Å². The number of hydrogen-bond donors (Lipinski definition) is 1. The van der Waals surface area contributed by atoms with Crippen molar-refractivity contribution < 1.29 is 27.5 Å². The number of halogens is 3. The molecule has 0 saturated carbocycles. The maximum Gasteiger partial charge on any atom is 0.413 e. The lowest BCUT2D eigenvalue weighted by molar-refractivity contribution is -0.256. The van der Waals surface area contributed by atoms with Gasteiger partial charge in [0, 0.05) is 25.1 Å². The van der Waals surface area contributed by atoms with E-state index in [-0.39, 0.29) is 11.8 Å². The Morgan fingerprint density at radius 1 is 1.44 bits per heavy atom. The Hall–Kier alpha value is -1.49. The molecule has 1 aromatic rings. The first kappa shape index (κ1) is 23.5. The first-order valence-electron chi connectivity index (χ1n) is 8.52. The molecular weight excluding hydrogens is 383 g/mol. The minimum Gasteiger partial charge on any atom is -0.381 e. The van der Waals surface area contributed by atoms with E-state index in [1.807, 2.05) is 13.8 Å². The summed E-state index contributed by atoms with van der Waals surface area (Å²) in [6.45, 7) is 7.68. The second-order valence-corrected chi connectivity index (χ2v) is 7.20. The quantitative estimate of drug-likeness (QED) is 0.325. The van der Waals surface area contributed by atoms with Crippen LogP contribution in [0.1, 0.15) is 41.0 Å². The van der Waals surface area contributed by atoms with Gasteiger partial charge in [0.05, 0.1) is 11.5 Å². The summed E-state index contributed by atoms with van der Waals surface area (Å²) in [5.41, 5.74) is 0. The molecule has 0 aliphatic rings. The van der Waals surface area contributed by atoms with Crippen LogP contribution in [0.5, 0.6) is 0 Å². The highest BCUT2D eigenvalue weighted by atomic mass is 32.1. The summed E-state index contributed by atoms with van der Waals surface area (Å²) in [4.78, 5) is 21.7. The highest BCUT2D eigenvalue weighted by molar-refractivity contribution is 7.14. The third-order valence-electron chi connectivity index (χ3n) is 3.42. The number of carbonyl (C=O) groups excluding carboxylic acids is 1. The van der Waals surface area contributed by atoms with E-state index in [0.29, 0.717) is 29.5 Å². The summed E-state index contributed by atoms with van der Waals surface area (Å²) >= 11 is 1.13. The molecule has 0 spiro atoms. The number of carbonyl (C=O) groups is 1. The lowest BCUT2D eigenvalue weighted by atomic mass is 10.2. The van der Waals surface area contributed by atoms with Crippen molar-refractivity contribution in [3.05, 3.63) is 21.9 Å². The molecule has 6 nitrogen and oxygen atoms in total. The Bertz CT molecular complexity index is 595. The number of nitrogens with zero attached hydrogens (tertiary/aromatic N) is 2. The molecule has 2 atom stereocenters. The second kappa shape index (κ2) is 11.4. The molecule has 1 heterocycles. The van der Waals surface area contributed by atoms with E-state index >= 15 is 0 Å². The van der Waals surface area contributed by atoms with E-state index in [0.717, 1.165) is 22.8 Å². The first-order chi connectivity index (χ1) is 12.7. The fourth-order valence-electron chi connectivity index (χ4n) is 2.09. The summed E-state index contributed by atoms with van der Waals surface area (Å²) in [6, 6.07) is 3.23. The third-order valence-corrected chi connectivity index (χ3v) is 4.54. The molecule has 154 valence electrons. The van der Waals surface area contributed by atoms with Gasteiger partial charge in [-0.25, -0.2) is 0 Å². The number of hydroxylamine groups is 2. The van der Waals surface area contributed by atoms with Crippen LogP contribution in [0.25, 0.3) is 0 Å². The Balaban J connectivity index is 2.58. The highest BCUT2D eigenvalue weighted by Crippen LogP contribution is 2.29. The Morgan fingerprint density at radius 3 is 2.74 bits per heavy atom. The number of hydrogen-bond acceptors (Lipinski definition) is 6. The van der Waals surface area contributed by atoms with Crippen LogP contribution in [-0.2, 0) is 9.57 Å². The van der Waals surface area contributed by atoms with Gasteiger partial charge in [-0.15, -0.1) is 11.3 Å². The van der Waals surface area contributed by atoms with Crippen molar-refractivity contribution in [3.63, 3.8) is 0 Å². The van der Waals surface area contributed by atoms with Crippen LogP contribution in [0, 0.1) is 5.92 Å². The van der Waals surface area contributed by atoms with E-state index < -0.39 is 18.9 Å². The van der Waals surface area contributed by atoms with Crippen molar-refractivity contribution in [2.75, 3.05) is 33.4 Å². The maximum atomic E-state index is 12.3. The zero-order valence-electron chi connectivity index (χ0n) is 15.7. The summed E-state index contributed by atoms with van der Waals surface area (Å²) in [5, 5.41) is 3.80. The van der Waals surface area contributed by atoms with Crippen LogP contribution in [-0.4, -0.2) is 57.3 Å². The van der Waals surface area contributed by atoms with E-state index in [2.05, 4.69) is 21.9 Å². The molecule has 10 heteroatoms. The molecule has 1 rings (SSSR count). The van der Waals surface area contributed by atoms with Gasteiger partial charge in [-0.1, -0.05) is 13.8 Å². The molecule has 1 unspecified atom stereocenters. The van der Waals surface area contributed by atoms with Gasteiger partial charge in [0.1, 0.15) is 0 Å². The predicted octanol–water partition coefficient (Wildman–Crippen LogP) is 3.67. The number of amides is 1. The fraction of sp³-hybridized carbons (Fsp3) is 0.647. The molecule has 0 radical (unpaired) electrons. The van der Waals surface area contributed by atoms with Crippen LogP contribution in [0.3, 0.4) is 0 Å². The number of alkyl halides is 3. The molecule has 1 N–H and O–H groups in total. The zero-order chi connectivity index (χ0) is 20.4. The SMILES string of the molecule is C=NC(c1ccc(C(=O)NC[C@@H](C)COCCC)s1)N(C)OCC(F)(F)F. The van der Waals surface area contributed by atoms with Gasteiger partial charge in [-0.05, 0) is 31.2 Å². The first-order valence-corrected chi connectivity index (χ1v) is 9.33. The van der Waals surface area contributed by atoms with E-state index in [1.54, 1.807) is 12.1 Å². The molecule has 0 aliphatic heterocycles. The van der Waals surface area contributed by atoms with Gasteiger partial charge in [0.25, 0.3) is 5.91 Å². The molecule has 0 saturated heterocycles. The van der Waals surface area contributed by atoms with Crippen LogP contribution in [0.2, 0.25) is 0 Å². The summed E-state index contributed by atoms with van der Waals surface area (Å²) in [6.07, 6.45) is -4.34. The highest BCUT2D eigenvalue weighted by Gasteiger charge is 2.30. The maximum absolute atomic E-state index is 12.3. The number of aliphatic imine (C=N–C) groups is 1. The average Bonchev–Trinajstić information content (AvgIpc) is 3.08. The standard InChI is InChI=1S/C17H26F3N3O3S/c1-5-8-25-10-12(2)9-22-16(24)14-7-6-13(27-14)15(21-3)23(4)26-11-17(18,19)20/h6-7,12,15H,3,5,8-11H2,1-2,4H3,(H,22,24)/t12-,15?/m1/s1. The van der Waals surface area contributed by atoms with Gasteiger partial charge in [0.2, 0.25) is 0 Å². The largest absolute Gasteiger partial charge is 0.413 e. The normalized spacial score (nSPS) is 14.2. The number of thiophene rings is 1. The minimum atomic E-state index is -4.45. The molecule has 1 aromatic heterocycles. The van der Waals surface area contributed by atoms with Gasteiger partial charge < -0.3 is 10.1 Å². The van der Waals surface area contributed by atoms with Gasteiger partial charge in [-0.3, -0.25) is 14.6 Å². The lowest BCUT2D eigenvalue weighted by Crippen LogP contribution is -2.29. The van der Waals surface area contributed by atoms with Gasteiger partial charge in [0.15, 0.2) is 12.8 Å². The molecule has 1 amide bonds. The lowest BCUT2D eigenvalue weighted by Gasteiger charge is -2.23. The van der Waals surface area contributed by atoms with Crippen molar-refractivity contribution in [1.82, 2.24) is 10.4 Å². The van der Waals surface area contributed by atoms with E-state index in [4.69, 9.17) is 4.74 Å². The van der Waals surface area contributed by atoms with Crippen LogP contribution in [0.4, 0.5) is 13.2 Å². The van der Waals surface area contributed by atoms with Crippen molar-refractivity contribution in [2.45, 2.75) is 32.6 Å². The smallest absolute Gasteiger partial charge is 0.381 e. The number of nitrogens with one attached hydrogen (secondary N) is 1. The predicted molar refractivity (Wildman–Crippen MR) is 99.0 cm³/mol. The van der Waals surface area contributed by atoms with E-state index in [9.17, 15) is 18.0 Å². The molecular formula is C17H26F3N3O3S. The Morgan fingerprint density at radius 2 is 2.15 bits per heavy atom. The van der Waals surface area contributed by atoms with Crippen molar-refractivity contribution in [3.8, 4) is 0 Å². The zero-order valence-corrected chi connectivity index (χ0v) is 16.5. The number of ether oxygens (including phenoxy) is 1. The Kier molecular flexibility index (Phi) is 9.92. The van der Waals surface area contributed by atoms with Crippen LogP contribution >= 0.6 is 11.3 Å². The second-order valence-electron chi connectivity index (χ2n) is 6.08. The molecule has 0 aliphatic carbocycles. The van der Waals surface area contributed by atoms with Crippen LogP contribution in [0.15, 0.2) is 17.1 Å². The summed E-state index contributed by atoms with van der Waals surface area (Å²) in [5.74, 6) is -0.0836. The summed E-state index contributed by atoms with van der Waals surface area (Å²) in [7, 11) is 1.34. The average molecular weight is 409 g/mol. The Labute approximate surface area is 161 Å². The topological polar surface area (TPSA) is 63.2 Å². The van der Waals surface area contributed by atoms with Crippen molar-refractivity contribution >= 4 is 24.0 Å². The van der Waals surface area contributed by atoms with E-state index in [1.165, 1.54) is 7.05 Å². The van der Waals surface area contributed by atoms with Crippen LogP contribution < -0.4 is 5.32 Å². The molecule has 0 fully saturated rings.